The average molecular weight is 564 g/mol. The van der Waals surface area contributed by atoms with Crippen LogP contribution in [0.1, 0.15) is 13.3 Å². The number of hydrogen-bond acceptors (Lipinski definition) is 7. The maximum absolute atomic E-state index is 14.7. The second-order valence-electron chi connectivity index (χ2n) is 10.3. The van der Waals surface area contributed by atoms with Crippen molar-refractivity contribution in [3.8, 4) is 33.6 Å². The Morgan fingerprint density at radius 2 is 1.76 bits per heavy atom. The summed E-state index contributed by atoms with van der Waals surface area (Å²) in [5.74, 6) is -0.396. The Bertz CT molecular complexity index is 1910. The number of hydrogen-bond donors (Lipinski definition) is 4. The van der Waals surface area contributed by atoms with E-state index in [1.54, 1.807) is 31.7 Å². The number of likely N-dealkylation sites (N-methyl/N-ethyl adjacent to an activating group) is 1. The summed E-state index contributed by atoms with van der Waals surface area (Å²) in [6, 6.07) is 12.7. The molecule has 0 radical (unpaired) electrons. The fourth-order valence-electron chi connectivity index (χ4n) is 4.86. The summed E-state index contributed by atoms with van der Waals surface area (Å²) < 4.78 is 14.7. The number of anilines is 2. The zero-order chi connectivity index (χ0) is 29.2. The molecule has 10 nitrogen and oxygen atoms in total. The summed E-state index contributed by atoms with van der Waals surface area (Å²) in [5, 5.41) is 15.4. The lowest BCUT2D eigenvalue weighted by molar-refractivity contribution is -0.115. The molecule has 0 aliphatic heterocycles. The minimum Gasteiger partial charge on any atom is -0.384 e. The second kappa shape index (κ2) is 11.4. The highest BCUT2D eigenvalue weighted by Crippen LogP contribution is 2.35. The summed E-state index contributed by atoms with van der Waals surface area (Å²) in [4.78, 5) is 30.7. The molecular weight excluding hydrogens is 533 g/mol. The topological polar surface area (TPSA) is 128 Å². The number of pyridine rings is 3. The number of rotatable bonds is 9. The van der Waals surface area contributed by atoms with Crippen molar-refractivity contribution in [3.63, 3.8) is 0 Å². The van der Waals surface area contributed by atoms with Crippen LogP contribution in [0.15, 0.2) is 67.3 Å². The zero-order valence-electron chi connectivity index (χ0n) is 23.5. The molecule has 0 fully saturated rings. The number of fused-ring (bicyclic) bond motifs is 2. The van der Waals surface area contributed by atoms with Crippen molar-refractivity contribution < 1.29 is 9.18 Å². The molecule has 212 valence electrons. The van der Waals surface area contributed by atoms with Crippen molar-refractivity contribution in [2.75, 3.05) is 37.8 Å². The molecule has 4 N–H and O–H groups in total. The van der Waals surface area contributed by atoms with Gasteiger partial charge in [0.1, 0.15) is 17.2 Å². The van der Waals surface area contributed by atoms with Gasteiger partial charge in [-0.1, -0.05) is 6.92 Å². The number of aromatic nitrogens is 6. The Morgan fingerprint density at radius 3 is 2.60 bits per heavy atom. The standard InChI is InChI=1S/C31H30FN9O/c1-4-28(42)37-23-11-19(15-33-17-23)20-12-26-29(39-40-31(26)36-16-20)27-14-25-24(5-6-35-30(25)38-27)18-9-21(32)13-22(10-18)34-7-8-41(2)3/h5-6,9-17,34H,4,7-8H2,1-3H3,(H,35,38)(H,37,42)(H,36,39,40). The fraction of sp³-hybridized carbons (Fsp3) is 0.194. The third-order valence-corrected chi connectivity index (χ3v) is 6.98. The molecule has 0 unspecified atom stereocenters. The Morgan fingerprint density at radius 1 is 0.929 bits per heavy atom. The van der Waals surface area contributed by atoms with Crippen molar-refractivity contribution >= 4 is 39.3 Å². The molecule has 11 heteroatoms. The first kappa shape index (κ1) is 27.0. The Balaban J connectivity index is 1.36. The van der Waals surface area contributed by atoms with Crippen LogP contribution < -0.4 is 10.6 Å². The number of aromatic amines is 2. The van der Waals surface area contributed by atoms with E-state index in [0.29, 0.717) is 35.6 Å². The lowest BCUT2D eigenvalue weighted by Crippen LogP contribution is -2.20. The number of carbonyl (C=O) groups is 1. The number of nitrogens with one attached hydrogen (secondary N) is 4. The first-order valence-corrected chi connectivity index (χ1v) is 13.6. The second-order valence-corrected chi connectivity index (χ2v) is 10.3. The molecule has 6 aromatic rings. The molecule has 1 amide bonds. The highest BCUT2D eigenvalue weighted by molar-refractivity contribution is 6.00. The minimum atomic E-state index is -0.315. The highest BCUT2D eigenvalue weighted by Gasteiger charge is 2.16. The predicted molar refractivity (Wildman–Crippen MR) is 164 cm³/mol. The molecule has 5 heterocycles. The van der Waals surface area contributed by atoms with Gasteiger partial charge in [-0.25, -0.2) is 14.4 Å². The first-order valence-electron chi connectivity index (χ1n) is 13.6. The van der Waals surface area contributed by atoms with E-state index in [1.165, 1.54) is 12.1 Å². The zero-order valence-corrected chi connectivity index (χ0v) is 23.5. The van der Waals surface area contributed by atoms with E-state index >= 15 is 0 Å². The summed E-state index contributed by atoms with van der Waals surface area (Å²) >= 11 is 0. The maximum Gasteiger partial charge on any atom is 0.224 e. The molecule has 0 atom stereocenters. The molecule has 0 aliphatic rings. The average Bonchev–Trinajstić information content (AvgIpc) is 3.60. The molecule has 6 rings (SSSR count). The molecule has 0 aliphatic carbocycles. The molecule has 0 saturated carbocycles. The number of halogens is 1. The lowest BCUT2D eigenvalue weighted by atomic mass is 10.0. The molecule has 5 aromatic heterocycles. The summed E-state index contributed by atoms with van der Waals surface area (Å²) in [6.45, 7) is 3.33. The number of carbonyl (C=O) groups excluding carboxylic acids is 1. The van der Waals surface area contributed by atoms with E-state index < -0.39 is 0 Å². The van der Waals surface area contributed by atoms with E-state index in [2.05, 4.69) is 45.7 Å². The van der Waals surface area contributed by atoms with Crippen molar-refractivity contribution in [2.45, 2.75) is 13.3 Å². The smallest absolute Gasteiger partial charge is 0.224 e. The molecule has 0 saturated heterocycles. The first-order chi connectivity index (χ1) is 20.4. The third-order valence-electron chi connectivity index (χ3n) is 6.98. The lowest BCUT2D eigenvalue weighted by Gasteiger charge is -2.13. The van der Waals surface area contributed by atoms with Crippen LogP contribution >= 0.6 is 0 Å². The van der Waals surface area contributed by atoms with Crippen LogP contribution in [0.2, 0.25) is 0 Å². The van der Waals surface area contributed by atoms with E-state index in [0.717, 1.165) is 51.0 Å². The van der Waals surface area contributed by atoms with Gasteiger partial charge in [-0.3, -0.25) is 14.9 Å². The number of nitrogens with zero attached hydrogens (tertiary/aromatic N) is 5. The summed E-state index contributed by atoms with van der Waals surface area (Å²) in [5.41, 5.74) is 7.30. The Kier molecular flexibility index (Phi) is 7.32. The van der Waals surface area contributed by atoms with Gasteiger partial charge in [0.2, 0.25) is 5.91 Å². The quantitative estimate of drug-likeness (QED) is 0.178. The van der Waals surface area contributed by atoms with Crippen LogP contribution in [-0.2, 0) is 4.79 Å². The summed E-state index contributed by atoms with van der Waals surface area (Å²) in [6.07, 6.45) is 7.17. The van der Waals surface area contributed by atoms with Crippen LogP contribution in [0.4, 0.5) is 15.8 Å². The van der Waals surface area contributed by atoms with Gasteiger partial charge >= 0.3 is 0 Å². The van der Waals surface area contributed by atoms with Gasteiger partial charge in [-0.05, 0) is 67.7 Å². The van der Waals surface area contributed by atoms with E-state index in [4.69, 9.17) is 0 Å². The molecule has 42 heavy (non-hydrogen) atoms. The van der Waals surface area contributed by atoms with Crippen molar-refractivity contribution in [1.29, 1.82) is 0 Å². The number of amides is 1. The SMILES string of the molecule is CCC(=O)Nc1cncc(-c2cnc3[nH]nc(-c4cc5c(-c6cc(F)cc(NCCN(C)C)c6)ccnc5[nH]4)c3c2)c1. The Hall–Kier alpha value is -5.16. The van der Waals surface area contributed by atoms with Crippen LogP contribution in [0.5, 0.6) is 0 Å². The van der Waals surface area contributed by atoms with Crippen LogP contribution in [0, 0.1) is 5.82 Å². The van der Waals surface area contributed by atoms with Crippen LogP contribution in [0.25, 0.3) is 55.7 Å². The molecule has 1 aromatic carbocycles. The van der Waals surface area contributed by atoms with Crippen molar-refractivity contribution in [1.82, 2.24) is 35.0 Å². The molecular formula is C31H30FN9O. The van der Waals surface area contributed by atoms with E-state index in [-0.39, 0.29) is 11.7 Å². The van der Waals surface area contributed by atoms with E-state index in [1.807, 2.05) is 44.4 Å². The van der Waals surface area contributed by atoms with Crippen LogP contribution in [0.3, 0.4) is 0 Å². The number of benzene rings is 1. The van der Waals surface area contributed by atoms with E-state index in [9.17, 15) is 9.18 Å². The normalized spacial score (nSPS) is 11.5. The predicted octanol–water partition coefficient (Wildman–Crippen LogP) is 5.69. The molecule has 0 bridgehead atoms. The molecule has 0 spiro atoms. The largest absolute Gasteiger partial charge is 0.384 e. The van der Waals surface area contributed by atoms with Crippen molar-refractivity contribution in [3.05, 3.63) is 73.1 Å². The van der Waals surface area contributed by atoms with Gasteiger partial charge in [0.25, 0.3) is 0 Å². The van der Waals surface area contributed by atoms with Gasteiger partial charge in [-0.2, -0.15) is 5.10 Å². The van der Waals surface area contributed by atoms with Gasteiger partial charge in [0.15, 0.2) is 5.65 Å². The van der Waals surface area contributed by atoms with Crippen LogP contribution in [-0.4, -0.2) is 68.1 Å². The van der Waals surface area contributed by atoms with Gasteiger partial charge in [-0.15, -0.1) is 0 Å². The van der Waals surface area contributed by atoms with Gasteiger partial charge in [0, 0.05) is 65.7 Å². The number of H-pyrrole nitrogens is 2. The Labute approximate surface area is 241 Å². The third kappa shape index (κ3) is 5.54. The minimum absolute atomic E-state index is 0.0820. The maximum atomic E-state index is 14.7. The fourth-order valence-corrected chi connectivity index (χ4v) is 4.86. The monoisotopic (exact) mass is 563 g/mol. The van der Waals surface area contributed by atoms with Gasteiger partial charge < -0.3 is 20.5 Å². The summed E-state index contributed by atoms with van der Waals surface area (Å²) in [7, 11) is 4.00. The van der Waals surface area contributed by atoms with Crippen molar-refractivity contribution in [2.24, 2.45) is 0 Å². The van der Waals surface area contributed by atoms with Gasteiger partial charge in [0.05, 0.1) is 17.6 Å². The highest BCUT2D eigenvalue weighted by atomic mass is 19.1.